The molecule has 0 aromatic heterocycles. The second kappa shape index (κ2) is 9.78. The van der Waals surface area contributed by atoms with Crippen molar-refractivity contribution in [2.45, 2.75) is 12.6 Å². The third-order valence-electron chi connectivity index (χ3n) is 4.49. The minimum atomic E-state index is -1.14. The van der Waals surface area contributed by atoms with E-state index in [-0.39, 0.29) is 31.2 Å². The predicted molar refractivity (Wildman–Crippen MR) is 111 cm³/mol. The third-order valence-corrected chi connectivity index (χ3v) is 4.88. The van der Waals surface area contributed by atoms with Crippen molar-refractivity contribution in [1.29, 1.82) is 0 Å². The first kappa shape index (κ1) is 21.2. The van der Waals surface area contributed by atoms with Crippen LogP contribution in [-0.4, -0.2) is 41.1 Å². The Morgan fingerprint density at radius 1 is 1.17 bits per heavy atom. The van der Waals surface area contributed by atoms with Crippen LogP contribution in [0, 0.1) is 0 Å². The molecule has 1 unspecified atom stereocenters. The molecule has 2 aromatic rings. The summed E-state index contributed by atoms with van der Waals surface area (Å²) in [6.45, 7) is 0.400. The fourth-order valence-electron chi connectivity index (χ4n) is 3.20. The maximum atomic E-state index is 13.0. The van der Waals surface area contributed by atoms with Gasteiger partial charge in [-0.2, -0.15) is 0 Å². The molecular weight excluding hydrogens is 415 g/mol. The summed E-state index contributed by atoms with van der Waals surface area (Å²) in [6.07, 6.45) is 0. The molecule has 1 heterocycles. The van der Waals surface area contributed by atoms with Gasteiger partial charge in [0, 0.05) is 10.9 Å². The molecule has 1 aliphatic heterocycles. The molecule has 29 heavy (non-hydrogen) atoms. The number of benzene rings is 2. The number of rotatable bonds is 8. The molecule has 0 saturated carbocycles. The van der Waals surface area contributed by atoms with Gasteiger partial charge >= 0.3 is 12.0 Å². The Bertz CT molecular complexity index is 918. The standard InChI is InChI=1S/C21H20Cl2N2O4/c22-9-10-29-13-17-18(20(26)27)19(15-7-4-8-16(23)11-15)24-21(28)25(17)12-14-5-2-1-3-6-14/h1-8,11,19H,9-10,12-13H2,(H,24,28)(H,26,27). The number of aliphatic carboxylic acids is 1. The summed E-state index contributed by atoms with van der Waals surface area (Å²) in [7, 11) is 0. The Hall–Kier alpha value is -2.54. The lowest BCUT2D eigenvalue weighted by Crippen LogP contribution is -2.49. The van der Waals surface area contributed by atoms with Crippen molar-refractivity contribution in [3.63, 3.8) is 0 Å². The zero-order valence-corrected chi connectivity index (χ0v) is 17.0. The Balaban J connectivity index is 2.06. The molecule has 0 saturated heterocycles. The van der Waals surface area contributed by atoms with E-state index in [4.69, 9.17) is 27.9 Å². The zero-order valence-electron chi connectivity index (χ0n) is 15.5. The van der Waals surface area contributed by atoms with E-state index in [9.17, 15) is 14.7 Å². The molecule has 0 radical (unpaired) electrons. The highest BCUT2D eigenvalue weighted by atomic mass is 35.5. The van der Waals surface area contributed by atoms with Crippen LogP contribution in [0.2, 0.25) is 5.02 Å². The SMILES string of the molecule is O=C(O)C1=C(COCCCl)N(Cc2ccccc2)C(=O)NC1c1cccc(Cl)c1. The van der Waals surface area contributed by atoms with Crippen molar-refractivity contribution in [2.24, 2.45) is 0 Å². The topological polar surface area (TPSA) is 78.9 Å². The number of urea groups is 1. The predicted octanol–water partition coefficient (Wildman–Crippen LogP) is 4.20. The number of amides is 2. The van der Waals surface area contributed by atoms with Crippen molar-refractivity contribution < 1.29 is 19.4 Å². The smallest absolute Gasteiger partial charge is 0.335 e. The van der Waals surface area contributed by atoms with E-state index in [1.54, 1.807) is 24.3 Å². The first-order valence-electron chi connectivity index (χ1n) is 8.98. The van der Waals surface area contributed by atoms with Crippen LogP contribution in [0.3, 0.4) is 0 Å². The molecular formula is C21H20Cl2N2O4. The van der Waals surface area contributed by atoms with E-state index in [2.05, 4.69) is 5.32 Å². The van der Waals surface area contributed by atoms with E-state index in [0.29, 0.717) is 16.3 Å². The van der Waals surface area contributed by atoms with Crippen LogP contribution in [0.25, 0.3) is 0 Å². The van der Waals surface area contributed by atoms with Crippen molar-refractivity contribution in [1.82, 2.24) is 10.2 Å². The number of hydrogen-bond donors (Lipinski definition) is 2. The van der Waals surface area contributed by atoms with Gasteiger partial charge in [0.25, 0.3) is 0 Å². The van der Waals surface area contributed by atoms with E-state index in [1.165, 1.54) is 4.90 Å². The van der Waals surface area contributed by atoms with Crippen molar-refractivity contribution in [3.8, 4) is 0 Å². The summed E-state index contributed by atoms with van der Waals surface area (Å²) >= 11 is 11.8. The first-order chi connectivity index (χ1) is 14.0. The number of carbonyl (C=O) groups excluding carboxylic acids is 1. The minimum Gasteiger partial charge on any atom is -0.478 e. The van der Waals surface area contributed by atoms with E-state index in [1.807, 2.05) is 30.3 Å². The number of carboxylic acid groups (broad SMARTS) is 1. The molecule has 0 aliphatic carbocycles. The number of carbonyl (C=O) groups is 2. The summed E-state index contributed by atoms with van der Waals surface area (Å²) in [5, 5.41) is 13.2. The Morgan fingerprint density at radius 2 is 1.93 bits per heavy atom. The Kier molecular flexibility index (Phi) is 7.14. The highest BCUT2D eigenvalue weighted by molar-refractivity contribution is 6.30. The monoisotopic (exact) mass is 434 g/mol. The second-order valence-electron chi connectivity index (χ2n) is 6.42. The lowest BCUT2D eigenvalue weighted by atomic mass is 9.94. The summed E-state index contributed by atoms with van der Waals surface area (Å²) in [4.78, 5) is 26.6. The van der Waals surface area contributed by atoms with Gasteiger partial charge in [-0.15, -0.1) is 11.6 Å². The molecule has 1 atom stereocenters. The summed E-state index contributed by atoms with van der Waals surface area (Å²) in [6, 6.07) is 14.8. The number of halogens is 2. The number of nitrogens with one attached hydrogen (secondary N) is 1. The first-order valence-corrected chi connectivity index (χ1v) is 9.90. The fraction of sp³-hybridized carbons (Fsp3) is 0.238. The molecule has 3 rings (SSSR count). The quantitative estimate of drug-likeness (QED) is 0.481. The lowest BCUT2D eigenvalue weighted by Gasteiger charge is -2.36. The molecule has 152 valence electrons. The number of alkyl halides is 1. The van der Waals surface area contributed by atoms with Crippen LogP contribution in [-0.2, 0) is 16.1 Å². The average molecular weight is 435 g/mol. The van der Waals surface area contributed by atoms with Gasteiger partial charge in [-0.1, -0.05) is 54.1 Å². The molecule has 2 amide bonds. The molecule has 0 spiro atoms. The van der Waals surface area contributed by atoms with Gasteiger partial charge in [0.1, 0.15) is 0 Å². The van der Waals surface area contributed by atoms with Gasteiger partial charge in [-0.05, 0) is 23.3 Å². The molecule has 0 fully saturated rings. The van der Waals surface area contributed by atoms with Crippen LogP contribution < -0.4 is 5.32 Å². The van der Waals surface area contributed by atoms with E-state index < -0.39 is 18.0 Å². The average Bonchev–Trinajstić information content (AvgIpc) is 2.70. The lowest BCUT2D eigenvalue weighted by molar-refractivity contribution is -0.133. The fourth-order valence-corrected chi connectivity index (χ4v) is 3.51. The van der Waals surface area contributed by atoms with Crippen LogP contribution in [0.4, 0.5) is 4.79 Å². The normalized spacial score (nSPS) is 16.7. The van der Waals surface area contributed by atoms with Crippen LogP contribution in [0.1, 0.15) is 17.2 Å². The van der Waals surface area contributed by atoms with Gasteiger partial charge in [0.2, 0.25) is 0 Å². The highest BCUT2D eigenvalue weighted by Gasteiger charge is 2.37. The molecule has 2 aromatic carbocycles. The van der Waals surface area contributed by atoms with Gasteiger partial charge in [-0.3, -0.25) is 4.90 Å². The molecule has 6 nitrogen and oxygen atoms in total. The summed E-state index contributed by atoms with van der Waals surface area (Å²) in [5.74, 6) is -0.879. The van der Waals surface area contributed by atoms with Gasteiger partial charge in [0.15, 0.2) is 0 Å². The number of hydrogen-bond acceptors (Lipinski definition) is 3. The number of ether oxygens (including phenoxy) is 1. The van der Waals surface area contributed by atoms with Crippen LogP contribution in [0.5, 0.6) is 0 Å². The molecule has 0 bridgehead atoms. The van der Waals surface area contributed by atoms with Gasteiger partial charge in [0.05, 0.1) is 37.1 Å². The maximum absolute atomic E-state index is 13.0. The van der Waals surface area contributed by atoms with E-state index in [0.717, 1.165) is 5.56 Å². The Morgan fingerprint density at radius 3 is 2.59 bits per heavy atom. The minimum absolute atomic E-state index is 0.0392. The van der Waals surface area contributed by atoms with E-state index >= 15 is 0 Å². The van der Waals surface area contributed by atoms with Crippen molar-refractivity contribution >= 4 is 35.2 Å². The zero-order chi connectivity index (χ0) is 20.8. The van der Waals surface area contributed by atoms with Crippen molar-refractivity contribution in [2.75, 3.05) is 19.1 Å². The largest absolute Gasteiger partial charge is 0.478 e. The summed E-state index contributed by atoms with van der Waals surface area (Å²) in [5.41, 5.74) is 1.78. The molecule has 1 aliphatic rings. The van der Waals surface area contributed by atoms with Gasteiger partial charge in [-0.25, -0.2) is 9.59 Å². The maximum Gasteiger partial charge on any atom is 0.335 e. The number of carboxylic acids is 1. The highest BCUT2D eigenvalue weighted by Crippen LogP contribution is 2.33. The second-order valence-corrected chi connectivity index (χ2v) is 7.23. The Labute approximate surface area is 178 Å². The molecule has 8 heteroatoms. The van der Waals surface area contributed by atoms with Crippen molar-refractivity contribution in [3.05, 3.63) is 82.0 Å². The summed E-state index contributed by atoms with van der Waals surface area (Å²) < 4.78 is 5.53. The van der Waals surface area contributed by atoms with Gasteiger partial charge < -0.3 is 15.2 Å². The van der Waals surface area contributed by atoms with Crippen LogP contribution in [0.15, 0.2) is 65.9 Å². The number of nitrogens with zero attached hydrogens (tertiary/aromatic N) is 1. The van der Waals surface area contributed by atoms with Crippen LogP contribution >= 0.6 is 23.2 Å². The third kappa shape index (κ3) is 5.09. The molecule has 2 N–H and O–H groups in total.